The molecule has 2 heterocycles. The molecule has 0 aromatic carbocycles. The van der Waals surface area contributed by atoms with Gasteiger partial charge in [-0.25, -0.2) is 4.79 Å². The molecule has 5 nitrogen and oxygen atoms in total. The molecule has 16 heavy (non-hydrogen) atoms. The predicted octanol–water partition coefficient (Wildman–Crippen LogP) is 0.342. The van der Waals surface area contributed by atoms with E-state index in [0.29, 0.717) is 12.6 Å². The van der Waals surface area contributed by atoms with E-state index in [4.69, 9.17) is 5.26 Å². The minimum Gasteiger partial charge on any atom is -0.326 e. The van der Waals surface area contributed by atoms with Crippen LogP contribution >= 0.6 is 0 Å². The number of hydrogen-bond donors (Lipinski definition) is 0. The van der Waals surface area contributed by atoms with Crippen molar-refractivity contribution in [2.75, 3.05) is 39.8 Å². The van der Waals surface area contributed by atoms with Crippen LogP contribution in [0.2, 0.25) is 0 Å². The van der Waals surface area contributed by atoms with Crippen molar-refractivity contribution in [3.05, 3.63) is 0 Å². The highest BCUT2D eigenvalue weighted by atomic mass is 16.2. The maximum absolute atomic E-state index is 11.8. The number of nitrogens with zero attached hydrogens (tertiary/aromatic N) is 4. The summed E-state index contributed by atoms with van der Waals surface area (Å²) >= 11 is 0. The van der Waals surface area contributed by atoms with Crippen LogP contribution in [0.1, 0.15) is 12.8 Å². The van der Waals surface area contributed by atoms with Crippen molar-refractivity contribution in [3.8, 4) is 6.07 Å². The lowest BCUT2D eigenvalue weighted by atomic mass is 10.0. The van der Waals surface area contributed by atoms with Crippen LogP contribution in [0.25, 0.3) is 0 Å². The Morgan fingerprint density at radius 2 is 2.00 bits per heavy atom. The quantitative estimate of drug-likeness (QED) is 0.633. The van der Waals surface area contributed by atoms with Crippen LogP contribution in [0, 0.1) is 11.3 Å². The molecule has 5 heteroatoms. The topological polar surface area (TPSA) is 50.6 Å². The first kappa shape index (κ1) is 11.2. The minimum atomic E-state index is 0.165. The summed E-state index contributed by atoms with van der Waals surface area (Å²) in [6, 6.07) is 2.72. The maximum atomic E-state index is 11.8. The summed E-state index contributed by atoms with van der Waals surface area (Å²) in [5, 5.41) is 8.61. The molecule has 0 aromatic heterocycles. The van der Waals surface area contributed by atoms with Crippen LogP contribution in [0.15, 0.2) is 0 Å². The van der Waals surface area contributed by atoms with Gasteiger partial charge in [-0.15, -0.1) is 0 Å². The fraction of sp³-hybridized carbons (Fsp3) is 0.818. The smallest absolute Gasteiger partial charge is 0.320 e. The molecule has 0 N–H and O–H groups in total. The Bertz CT molecular complexity index is 304. The van der Waals surface area contributed by atoms with Crippen LogP contribution in [0.3, 0.4) is 0 Å². The third-order valence-electron chi connectivity index (χ3n) is 3.54. The van der Waals surface area contributed by atoms with Crippen LogP contribution in [-0.4, -0.2) is 66.5 Å². The summed E-state index contributed by atoms with van der Waals surface area (Å²) in [4.78, 5) is 17.7. The Kier molecular flexibility index (Phi) is 3.30. The van der Waals surface area contributed by atoms with Gasteiger partial charge in [-0.05, 0) is 12.8 Å². The van der Waals surface area contributed by atoms with E-state index in [1.54, 1.807) is 4.90 Å². The monoisotopic (exact) mass is 222 g/mol. The normalized spacial score (nSPS) is 23.9. The average Bonchev–Trinajstić information content (AvgIpc) is 2.62. The highest BCUT2D eigenvalue weighted by Crippen LogP contribution is 2.20. The van der Waals surface area contributed by atoms with Gasteiger partial charge in [0.1, 0.15) is 0 Å². The van der Waals surface area contributed by atoms with Crippen molar-refractivity contribution in [1.29, 1.82) is 5.26 Å². The Hall–Kier alpha value is -1.28. The van der Waals surface area contributed by atoms with Gasteiger partial charge in [-0.1, -0.05) is 0 Å². The van der Waals surface area contributed by atoms with Crippen molar-refractivity contribution in [2.45, 2.75) is 18.9 Å². The second kappa shape index (κ2) is 4.71. The van der Waals surface area contributed by atoms with Gasteiger partial charge < -0.3 is 9.80 Å². The van der Waals surface area contributed by atoms with Crippen LogP contribution in [0.4, 0.5) is 4.79 Å². The largest absolute Gasteiger partial charge is 0.326 e. The molecule has 0 unspecified atom stereocenters. The van der Waals surface area contributed by atoms with E-state index in [2.05, 4.69) is 11.0 Å². The van der Waals surface area contributed by atoms with Crippen molar-refractivity contribution in [1.82, 2.24) is 14.7 Å². The second-order valence-corrected chi connectivity index (χ2v) is 4.56. The first-order chi connectivity index (χ1) is 7.72. The third-order valence-corrected chi connectivity index (χ3v) is 3.54. The summed E-state index contributed by atoms with van der Waals surface area (Å²) in [5.41, 5.74) is 0. The lowest BCUT2D eigenvalue weighted by Crippen LogP contribution is -2.46. The van der Waals surface area contributed by atoms with E-state index < -0.39 is 0 Å². The lowest BCUT2D eigenvalue weighted by Gasteiger charge is -2.35. The predicted molar refractivity (Wildman–Crippen MR) is 59.8 cm³/mol. The molecule has 0 radical (unpaired) electrons. The Morgan fingerprint density at radius 1 is 1.31 bits per heavy atom. The van der Waals surface area contributed by atoms with E-state index in [-0.39, 0.29) is 6.03 Å². The van der Waals surface area contributed by atoms with E-state index in [0.717, 1.165) is 39.0 Å². The SMILES string of the molecule is CN1CCN(C2CCN(CC#N)CC2)C1=O. The van der Waals surface area contributed by atoms with Gasteiger partial charge >= 0.3 is 6.03 Å². The fourth-order valence-corrected chi connectivity index (χ4v) is 2.50. The maximum Gasteiger partial charge on any atom is 0.320 e. The van der Waals surface area contributed by atoms with Gasteiger partial charge in [0.05, 0.1) is 12.6 Å². The van der Waals surface area contributed by atoms with E-state index in [1.165, 1.54) is 0 Å². The minimum absolute atomic E-state index is 0.165. The lowest BCUT2D eigenvalue weighted by molar-refractivity contribution is 0.138. The number of likely N-dealkylation sites (N-methyl/N-ethyl adjacent to an activating group) is 1. The molecule has 2 rings (SSSR count). The molecular weight excluding hydrogens is 204 g/mol. The number of likely N-dealkylation sites (tertiary alicyclic amines) is 1. The van der Waals surface area contributed by atoms with Gasteiger partial charge in [0.15, 0.2) is 0 Å². The number of amides is 2. The Labute approximate surface area is 96.2 Å². The molecule has 2 aliphatic rings. The molecule has 0 atom stereocenters. The molecule has 0 aromatic rings. The fourth-order valence-electron chi connectivity index (χ4n) is 2.50. The highest BCUT2D eigenvalue weighted by molar-refractivity contribution is 5.76. The number of carbonyl (C=O) groups is 1. The van der Waals surface area contributed by atoms with E-state index in [1.807, 2.05) is 11.9 Å². The third kappa shape index (κ3) is 2.12. The molecule has 2 saturated heterocycles. The number of piperidine rings is 1. The highest BCUT2D eigenvalue weighted by Gasteiger charge is 2.33. The number of nitriles is 1. The molecule has 2 amide bonds. The average molecular weight is 222 g/mol. The Balaban J connectivity index is 1.85. The van der Waals surface area contributed by atoms with E-state index >= 15 is 0 Å². The van der Waals surface area contributed by atoms with E-state index in [9.17, 15) is 4.79 Å². The summed E-state index contributed by atoms with van der Waals surface area (Å²) in [6.45, 7) is 4.09. The standard InChI is InChI=1S/C11H18N4O/c1-13-8-9-15(11(13)16)10-2-5-14(6-3-10)7-4-12/h10H,2-3,5-9H2,1H3. The number of carbonyl (C=O) groups excluding carboxylic acids is 1. The van der Waals surface area contributed by atoms with Gasteiger partial charge in [0.25, 0.3) is 0 Å². The van der Waals surface area contributed by atoms with Gasteiger partial charge in [-0.2, -0.15) is 5.26 Å². The zero-order valence-corrected chi connectivity index (χ0v) is 9.72. The van der Waals surface area contributed by atoms with Gasteiger partial charge in [0, 0.05) is 39.3 Å². The molecule has 2 fully saturated rings. The second-order valence-electron chi connectivity index (χ2n) is 4.56. The van der Waals surface area contributed by atoms with Crippen molar-refractivity contribution < 1.29 is 4.79 Å². The van der Waals surface area contributed by atoms with Crippen molar-refractivity contribution >= 4 is 6.03 Å². The molecule has 88 valence electrons. The summed E-state index contributed by atoms with van der Waals surface area (Å²) in [6.07, 6.45) is 2.00. The summed E-state index contributed by atoms with van der Waals surface area (Å²) in [5.74, 6) is 0. The molecular formula is C11H18N4O. The molecule has 0 aliphatic carbocycles. The zero-order valence-electron chi connectivity index (χ0n) is 9.72. The van der Waals surface area contributed by atoms with Gasteiger partial charge in [0.2, 0.25) is 0 Å². The molecule has 0 spiro atoms. The van der Waals surface area contributed by atoms with Crippen molar-refractivity contribution in [3.63, 3.8) is 0 Å². The summed E-state index contributed by atoms with van der Waals surface area (Å²) < 4.78 is 0. The zero-order chi connectivity index (χ0) is 11.5. The van der Waals surface area contributed by atoms with Crippen LogP contribution < -0.4 is 0 Å². The number of urea groups is 1. The number of rotatable bonds is 2. The first-order valence-corrected chi connectivity index (χ1v) is 5.83. The molecule has 2 aliphatic heterocycles. The summed E-state index contributed by atoms with van der Waals surface area (Å²) in [7, 11) is 1.85. The molecule has 0 saturated carbocycles. The Morgan fingerprint density at radius 3 is 2.50 bits per heavy atom. The van der Waals surface area contributed by atoms with Crippen LogP contribution in [-0.2, 0) is 0 Å². The van der Waals surface area contributed by atoms with Crippen molar-refractivity contribution in [2.24, 2.45) is 0 Å². The number of hydrogen-bond acceptors (Lipinski definition) is 3. The van der Waals surface area contributed by atoms with Crippen LogP contribution in [0.5, 0.6) is 0 Å². The van der Waals surface area contributed by atoms with Gasteiger partial charge in [-0.3, -0.25) is 4.90 Å². The molecule has 0 bridgehead atoms. The first-order valence-electron chi connectivity index (χ1n) is 5.83.